The number of nitrogens with zero attached hydrogens (tertiary/aromatic N) is 4. The standard InChI is InChI=1S/C23H32N6O/c1-5-7-18-13-21(29-11-10-20(15-29)25-16(2)23(3,4)30)28-22(26-18)27-19-9-6-8-17(12-19)14-24/h6,8-9,12-13,16,20,25,30H,5,7,10-11,15H2,1-4H3,(H,26,27,28). The molecule has 0 saturated carbocycles. The quantitative estimate of drug-likeness (QED) is 0.616. The van der Waals surface area contributed by atoms with E-state index in [0.717, 1.165) is 49.6 Å². The molecule has 0 bridgehead atoms. The molecule has 1 aromatic heterocycles. The van der Waals surface area contributed by atoms with E-state index in [9.17, 15) is 5.11 Å². The van der Waals surface area contributed by atoms with Crippen LogP contribution in [-0.2, 0) is 6.42 Å². The second-order valence-electron chi connectivity index (χ2n) is 8.58. The van der Waals surface area contributed by atoms with Crippen molar-refractivity contribution in [2.45, 2.75) is 64.6 Å². The molecule has 1 aliphatic heterocycles. The summed E-state index contributed by atoms with van der Waals surface area (Å²) in [5, 5.41) is 26.1. The molecule has 3 N–H and O–H groups in total. The van der Waals surface area contributed by atoms with E-state index >= 15 is 0 Å². The second-order valence-corrected chi connectivity index (χ2v) is 8.58. The molecule has 0 aliphatic carbocycles. The molecule has 1 aliphatic rings. The molecule has 0 amide bonds. The summed E-state index contributed by atoms with van der Waals surface area (Å²) < 4.78 is 0. The SMILES string of the molecule is CCCc1cc(N2CCC(NC(C)C(C)(C)O)C2)nc(Nc2cccc(C#N)c2)n1. The van der Waals surface area contributed by atoms with Crippen molar-refractivity contribution in [1.82, 2.24) is 15.3 Å². The Hall–Kier alpha value is -2.69. The van der Waals surface area contributed by atoms with Crippen LogP contribution in [0.15, 0.2) is 30.3 Å². The Balaban J connectivity index is 1.77. The number of hydrogen-bond acceptors (Lipinski definition) is 7. The third-order valence-electron chi connectivity index (χ3n) is 5.58. The van der Waals surface area contributed by atoms with E-state index < -0.39 is 5.60 Å². The van der Waals surface area contributed by atoms with Gasteiger partial charge < -0.3 is 20.6 Å². The summed E-state index contributed by atoms with van der Waals surface area (Å²) in [5.74, 6) is 1.46. The number of aryl methyl sites for hydroxylation is 1. The van der Waals surface area contributed by atoms with E-state index in [1.807, 2.05) is 32.9 Å². The zero-order valence-electron chi connectivity index (χ0n) is 18.3. The van der Waals surface area contributed by atoms with Crippen molar-refractivity contribution in [2.24, 2.45) is 0 Å². The van der Waals surface area contributed by atoms with Crippen LogP contribution in [0.4, 0.5) is 17.5 Å². The zero-order valence-corrected chi connectivity index (χ0v) is 18.3. The summed E-state index contributed by atoms with van der Waals surface area (Å²) in [6.07, 6.45) is 2.89. The first-order valence-electron chi connectivity index (χ1n) is 10.7. The average Bonchev–Trinajstić information content (AvgIpc) is 3.16. The highest BCUT2D eigenvalue weighted by Gasteiger charge is 2.29. The van der Waals surface area contributed by atoms with Crippen LogP contribution >= 0.6 is 0 Å². The maximum absolute atomic E-state index is 10.2. The predicted molar refractivity (Wildman–Crippen MR) is 120 cm³/mol. The lowest BCUT2D eigenvalue weighted by molar-refractivity contribution is 0.0407. The Morgan fingerprint density at radius 1 is 1.33 bits per heavy atom. The van der Waals surface area contributed by atoms with Gasteiger partial charge in [0.15, 0.2) is 0 Å². The minimum absolute atomic E-state index is 0.00754. The van der Waals surface area contributed by atoms with Crippen molar-refractivity contribution >= 4 is 17.5 Å². The second kappa shape index (κ2) is 9.41. The monoisotopic (exact) mass is 408 g/mol. The van der Waals surface area contributed by atoms with Gasteiger partial charge in [-0.1, -0.05) is 19.4 Å². The van der Waals surface area contributed by atoms with Gasteiger partial charge in [0, 0.05) is 42.6 Å². The van der Waals surface area contributed by atoms with E-state index in [-0.39, 0.29) is 6.04 Å². The largest absolute Gasteiger partial charge is 0.389 e. The highest BCUT2D eigenvalue weighted by atomic mass is 16.3. The molecular weight excluding hydrogens is 376 g/mol. The summed E-state index contributed by atoms with van der Waals surface area (Å²) in [4.78, 5) is 11.7. The van der Waals surface area contributed by atoms with E-state index in [1.54, 1.807) is 12.1 Å². The topological polar surface area (TPSA) is 97.1 Å². The molecule has 160 valence electrons. The Morgan fingerprint density at radius 2 is 2.13 bits per heavy atom. The fraction of sp³-hybridized carbons (Fsp3) is 0.522. The van der Waals surface area contributed by atoms with Crippen LogP contribution in [-0.4, -0.2) is 45.8 Å². The third kappa shape index (κ3) is 5.68. The minimum atomic E-state index is -0.758. The molecule has 2 heterocycles. The van der Waals surface area contributed by atoms with E-state index in [4.69, 9.17) is 10.2 Å². The van der Waals surface area contributed by atoms with Crippen molar-refractivity contribution in [3.8, 4) is 6.07 Å². The molecule has 1 aromatic carbocycles. The van der Waals surface area contributed by atoms with Crippen molar-refractivity contribution in [3.05, 3.63) is 41.6 Å². The van der Waals surface area contributed by atoms with Gasteiger partial charge in [0.05, 0.1) is 17.2 Å². The van der Waals surface area contributed by atoms with E-state index in [1.165, 1.54) is 0 Å². The lowest BCUT2D eigenvalue weighted by Crippen LogP contribution is -2.49. The van der Waals surface area contributed by atoms with E-state index in [2.05, 4.69) is 39.6 Å². The van der Waals surface area contributed by atoms with Crippen LogP contribution in [0.3, 0.4) is 0 Å². The fourth-order valence-corrected chi connectivity index (χ4v) is 3.54. The fourth-order valence-electron chi connectivity index (χ4n) is 3.54. The number of hydrogen-bond donors (Lipinski definition) is 3. The Kier molecular flexibility index (Phi) is 6.91. The zero-order chi connectivity index (χ0) is 21.7. The summed E-state index contributed by atoms with van der Waals surface area (Å²) in [7, 11) is 0. The predicted octanol–water partition coefficient (Wildman–Crippen LogP) is 3.37. The molecule has 3 rings (SSSR count). The number of anilines is 3. The molecule has 0 radical (unpaired) electrons. The Morgan fingerprint density at radius 3 is 2.83 bits per heavy atom. The van der Waals surface area contributed by atoms with Gasteiger partial charge in [0.25, 0.3) is 0 Å². The summed E-state index contributed by atoms with van der Waals surface area (Å²) >= 11 is 0. The maximum atomic E-state index is 10.2. The molecule has 7 heteroatoms. The van der Waals surface area contributed by atoms with Crippen LogP contribution in [0.2, 0.25) is 0 Å². The van der Waals surface area contributed by atoms with Crippen molar-refractivity contribution in [3.63, 3.8) is 0 Å². The van der Waals surface area contributed by atoms with Crippen molar-refractivity contribution in [2.75, 3.05) is 23.3 Å². The first kappa shape index (κ1) is 22.0. The molecule has 0 spiro atoms. The van der Waals surface area contributed by atoms with E-state index in [0.29, 0.717) is 17.6 Å². The molecule has 2 atom stereocenters. The number of benzene rings is 1. The van der Waals surface area contributed by atoms with Gasteiger partial charge in [-0.05, 0) is 51.8 Å². The molecule has 30 heavy (non-hydrogen) atoms. The smallest absolute Gasteiger partial charge is 0.229 e. The summed E-state index contributed by atoms with van der Waals surface area (Å²) in [6, 6.07) is 11.9. The molecular formula is C23H32N6O. The van der Waals surface area contributed by atoms with Crippen LogP contribution < -0.4 is 15.5 Å². The van der Waals surface area contributed by atoms with Crippen LogP contribution in [0, 0.1) is 11.3 Å². The van der Waals surface area contributed by atoms with Gasteiger partial charge in [0.2, 0.25) is 5.95 Å². The molecule has 1 saturated heterocycles. The minimum Gasteiger partial charge on any atom is -0.389 e. The summed E-state index contributed by atoms with van der Waals surface area (Å²) in [6.45, 7) is 9.56. The highest BCUT2D eigenvalue weighted by Crippen LogP contribution is 2.24. The number of nitrogens with one attached hydrogen (secondary N) is 2. The number of nitriles is 1. The molecule has 7 nitrogen and oxygen atoms in total. The lowest BCUT2D eigenvalue weighted by atomic mass is 10.00. The maximum Gasteiger partial charge on any atom is 0.229 e. The van der Waals surface area contributed by atoms with Gasteiger partial charge in [-0.2, -0.15) is 10.2 Å². The number of rotatable bonds is 8. The molecule has 2 aromatic rings. The first-order valence-corrected chi connectivity index (χ1v) is 10.7. The van der Waals surface area contributed by atoms with Gasteiger partial charge in [-0.3, -0.25) is 0 Å². The normalized spacial score (nSPS) is 17.6. The Labute approximate surface area is 179 Å². The van der Waals surface area contributed by atoms with Crippen molar-refractivity contribution < 1.29 is 5.11 Å². The molecule has 1 fully saturated rings. The van der Waals surface area contributed by atoms with Crippen molar-refractivity contribution in [1.29, 1.82) is 5.26 Å². The average molecular weight is 409 g/mol. The molecule has 2 unspecified atom stereocenters. The van der Waals surface area contributed by atoms with Crippen LogP contribution in [0.25, 0.3) is 0 Å². The Bertz CT molecular complexity index is 901. The van der Waals surface area contributed by atoms with Gasteiger partial charge in [-0.25, -0.2) is 4.98 Å². The van der Waals surface area contributed by atoms with Crippen LogP contribution in [0.1, 0.15) is 51.8 Å². The van der Waals surface area contributed by atoms with Gasteiger partial charge >= 0.3 is 0 Å². The highest BCUT2D eigenvalue weighted by molar-refractivity contribution is 5.58. The first-order chi connectivity index (χ1) is 14.3. The third-order valence-corrected chi connectivity index (χ3v) is 5.58. The van der Waals surface area contributed by atoms with Gasteiger partial charge in [-0.15, -0.1) is 0 Å². The van der Waals surface area contributed by atoms with Gasteiger partial charge in [0.1, 0.15) is 5.82 Å². The summed E-state index contributed by atoms with van der Waals surface area (Å²) in [5.41, 5.74) is 1.64. The number of aliphatic hydroxyl groups is 1. The van der Waals surface area contributed by atoms with Crippen LogP contribution in [0.5, 0.6) is 0 Å². The number of aromatic nitrogens is 2. The lowest BCUT2D eigenvalue weighted by Gasteiger charge is -2.29.